The summed E-state index contributed by atoms with van der Waals surface area (Å²) in [5, 5.41) is 3.12. The Balaban J connectivity index is 1.97. The second-order valence-electron chi connectivity index (χ2n) is 4.40. The molecule has 0 unspecified atom stereocenters. The molecule has 0 bridgehead atoms. The fraction of sp³-hybridized carbons (Fsp3) is 0. The zero-order chi connectivity index (χ0) is 15.0. The standard InChI is InChI=1S/C15H10F2N2OS/c16-9-5-3-6-10(12(9)17)19-15(20)14-13(18)8-4-1-2-7-11(8)21-14/h1-7H,18H2,(H,19,20). The minimum atomic E-state index is -1.09. The van der Waals surface area contributed by atoms with E-state index in [1.807, 2.05) is 18.2 Å². The van der Waals surface area contributed by atoms with Crippen LogP contribution in [0.4, 0.5) is 20.2 Å². The SMILES string of the molecule is Nc1c(C(=O)Nc2cccc(F)c2F)sc2ccccc12. The number of nitrogen functional groups attached to an aromatic ring is 1. The summed E-state index contributed by atoms with van der Waals surface area (Å²) in [4.78, 5) is 12.5. The van der Waals surface area contributed by atoms with Crippen LogP contribution in [0.1, 0.15) is 9.67 Å². The average Bonchev–Trinajstić information content (AvgIpc) is 2.82. The first-order chi connectivity index (χ1) is 10.1. The van der Waals surface area contributed by atoms with Gasteiger partial charge in [0.25, 0.3) is 5.91 Å². The number of carbonyl (C=O) groups excluding carboxylic acids is 1. The number of carbonyl (C=O) groups is 1. The van der Waals surface area contributed by atoms with Crippen LogP contribution in [0, 0.1) is 11.6 Å². The zero-order valence-electron chi connectivity index (χ0n) is 10.7. The second-order valence-corrected chi connectivity index (χ2v) is 5.45. The van der Waals surface area contributed by atoms with E-state index in [0.29, 0.717) is 5.69 Å². The minimum absolute atomic E-state index is 0.211. The molecule has 0 spiro atoms. The van der Waals surface area contributed by atoms with E-state index in [1.165, 1.54) is 23.5 Å². The Morgan fingerprint density at radius 1 is 1.10 bits per heavy atom. The Bertz CT molecular complexity index is 845. The van der Waals surface area contributed by atoms with Crippen LogP contribution in [-0.2, 0) is 0 Å². The Kier molecular flexibility index (Phi) is 3.31. The quantitative estimate of drug-likeness (QED) is 0.751. The number of nitrogens with two attached hydrogens (primary N) is 1. The highest BCUT2D eigenvalue weighted by molar-refractivity contribution is 7.21. The molecule has 3 rings (SSSR count). The lowest BCUT2D eigenvalue weighted by Gasteiger charge is -2.06. The molecule has 0 aliphatic carbocycles. The summed E-state index contributed by atoms with van der Waals surface area (Å²) in [6.45, 7) is 0. The van der Waals surface area contributed by atoms with E-state index in [-0.39, 0.29) is 10.6 Å². The molecule has 21 heavy (non-hydrogen) atoms. The normalized spacial score (nSPS) is 10.8. The number of fused-ring (bicyclic) bond motifs is 1. The Morgan fingerprint density at radius 3 is 2.62 bits per heavy atom. The Labute approximate surface area is 123 Å². The Morgan fingerprint density at radius 2 is 1.86 bits per heavy atom. The van der Waals surface area contributed by atoms with Crippen LogP contribution < -0.4 is 11.1 Å². The number of rotatable bonds is 2. The van der Waals surface area contributed by atoms with Crippen molar-refractivity contribution < 1.29 is 13.6 Å². The molecule has 2 aromatic carbocycles. The molecule has 0 saturated heterocycles. The van der Waals surface area contributed by atoms with Crippen molar-refractivity contribution in [3.05, 3.63) is 59.0 Å². The third-order valence-corrected chi connectivity index (χ3v) is 4.23. The largest absolute Gasteiger partial charge is 0.397 e. The summed E-state index contributed by atoms with van der Waals surface area (Å²) in [5.41, 5.74) is 6.07. The van der Waals surface area contributed by atoms with Gasteiger partial charge in [-0.05, 0) is 18.2 Å². The van der Waals surface area contributed by atoms with Crippen LogP contribution in [0.15, 0.2) is 42.5 Å². The van der Waals surface area contributed by atoms with Crippen molar-refractivity contribution in [1.29, 1.82) is 0 Å². The molecule has 0 atom stereocenters. The zero-order valence-corrected chi connectivity index (χ0v) is 11.5. The van der Waals surface area contributed by atoms with Gasteiger partial charge < -0.3 is 11.1 Å². The van der Waals surface area contributed by atoms with Gasteiger partial charge in [0.1, 0.15) is 4.88 Å². The molecular weight excluding hydrogens is 294 g/mol. The summed E-state index contributed by atoms with van der Waals surface area (Å²) >= 11 is 1.21. The van der Waals surface area contributed by atoms with Gasteiger partial charge in [0.15, 0.2) is 11.6 Å². The van der Waals surface area contributed by atoms with Gasteiger partial charge in [-0.25, -0.2) is 8.78 Å². The molecule has 106 valence electrons. The molecule has 0 saturated carbocycles. The second kappa shape index (κ2) is 5.14. The highest BCUT2D eigenvalue weighted by Gasteiger charge is 2.18. The van der Waals surface area contributed by atoms with Crippen LogP contribution in [0.3, 0.4) is 0 Å². The molecule has 0 aliphatic heterocycles. The first-order valence-corrected chi connectivity index (χ1v) is 6.92. The molecule has 1 aromatic heterocycles. The Hall–Kier alpha value is -2.47. The number of hydrogen-bond acceptors (Lipinski definition) is 3. The molecule has 1 heterocycles. The van der Waals surface area contributed by atoms with Crippen molar-refractivity contribution in [2.45, 2.75) is 0 Å². The topological polar surface area (TPSA) is 55.1 Å². The first kappa shape index (κ1) is 13.5. The van der Waals surface area contributed by atoms with Gasteiger partial charge in [-0.1, -0.05) is 24.3 Å². The number of nitrogens with one attached hydrogen (secondary N) is 1. The van der Waals surface area contributed by atoms with Crippen molar-refractivity contribution in [3.8, 4) is 0 Å². The van der Waals surface area contributed by atoms with E-state index in [9.17, 15) is 13.6 Å². The van der Waals surface area contributed by atoms with Crippen LogP contribution >= 0.6 is 11.3 Å². The lowest BCUT2D eigenvalue weighted by Crippen LogP contribution is -2.13. The van der Waals surface area contributed by atoms with Gasteiger partial charge in [0.2, 0.25) is 0 Å². The number of anilines is 2. The van der Waals surface area contributed by atoms with Crippen molar-refractivity contribution >= 4 is 38.7 Å². The summed E-state index contributed by atoms with van der Waals surface area (Å²) in [7, 11) is 0. The molecule has 3 N–H and O–H groups in total. The van der Waals surface area contributed by atoms with E-state index in [2.05, 4.69) is 5.32 Å². The summed E-state index contributed by atoms with van der Waals surface area (Å²) in [5.74, 6) is -2.67. The molecule has 6 heteroatoms. The molecule has 0 radical (unpaired) electrons. The van der Waals surface area contributed by atoms with E-state index >= 15 is 0 Å². The van der Waals surface area contributed by atoms with Crippen LogP contribution in [0.2, 0.25) is 0 Å². The maximum atomic E-state index is 13.6. The summed E-state index contributed by atoms with van der Waals surface area (Å²) < 4.78 is 27.6. The van der Waals surface area contributed by atoms with Gasteiger partial charge in [0, 0.05) is 10.1 Å². The molecule has 1 amide bonds. The lowest BCUT2D eigenvalue weighted by atomic mass is 10.2. The van der Waals surface area contributed by atoms with Crippen LogP contribution in [-0.4, -0.2) is 5.91 Å². The third-order valence-electron chi connectivity index (χ3n) is 3.04. The molecular formula is C15H10F2N2OS. The number of amides is 1. The lowest BCUT2D eigenvalue weighted by molar-refractivity contribution is 0.103. The number of benzene rings is 2. The summed E-state index contributed by atoms with van der Waals surface area (Å²) in [6.07, 6.45) is 0. The molecule has 0 aliphatic rings. The number of hydrogen-bond donors (Lipinski definition) is 2. The smallest absolute Gasteiger partial charge is 0.267 e. The van der Waals surface area contributed by atoms with Gasteiger partial charge in [-0.3, -0.25) is 4.79 Å². The molecule has 0 fully saturated rings. The number of halogens is 2. The van der Waals surface area contributed by atoms with Crippen molar-refractivity contribution in [2.24, 2.45) is 0 Å². The van der Waals surface area contributed by atoms with E-state index in [0.717, 1.165) is 16.2 Å². The molecule has 3 aromatic rings. The van der Waals surface area contributed by atoms with Gasteiger partial charge >= 0.3 is 0 Å². The first-order valence-electron chi connectivity index (χ1n) is 6.10. The highest BCUT2D eigenvalue weighted by Crippen LogP contribution is 2.34. The van der Waals surface area contributed by atoms with E-state index in [4.69, 9.17) is 5.73 Å². The third kappa shape index (κ3) is 2.34. The predicted octanol–water partition coefficient (Wildman–Crippen LogP) is 4.01. The van der Waals surface area contributed by atoms with Crippen LogP contribution in [0.25, 0.3) is 10.1 Å². The minimum Gasteiger partial charge on any atom is -0.397 e. The maximum absolute atomic E-state index is 13.6. The summed E-state index contributed by atoms with van der Waals surface area (Å²) in [6, 6.07) is 10.9. The fourth-order valence-electron chi connectivity index (χ4n) is 2.01. The highest BCUT2D eigenvalue weighted by atomic mass is 32.1. The number of thiophene rings is 1. The van der Waals surface area contributed by atoms with Crippen LogP contribution in [0.5, 0.6) is 0 Å². The van der Waals surface area contributed by atoms with Crippen molar-refractivity contribution in [1.82, 2.24) is 0 Å². The molecule has 3 nitrogen and oxygen atoms in total. The van der Waals surface area contributed by atoms with E-state index < -0.39 is 17.5 Å². The predicted molar refractivity (Wildman–Crippen MR) is 80.5 cm³/mol. The van der Waals surface area contributed by atoms with Crippen molar-refractivity contribution in [3.63, 3.8) is 0 Å². The van der Waals surface area contributed by atoms with Gasteiger partial charge in [-0.15, -0.1) is 11.3 Å². The van der Waals surface area contributed by atoms with Gasteiger partial charge in [0.05, 0.1) is 11.4 Å². The fourth-order valence-corrected chi connectivity index (χ4v) is 3.03. The average molecular weight is 304 g/mol. The monoisotopic (exact) mass is 304 g/mol. The van der Waals surface area contributed by atoms with Crippen molar-refractivity contribution in [2.75, 3.05) is 11.1 Å². The maximum Gasteiger partial charge on any atom is 0.267 e. The van der Waals surface area contributed by atoms with Gasteiger partial charge in [-0.2, -0.15) is 0 Å². The van der Waals surface area contributed by atoms with E-state index in [1.54, 1.807) is 6.07 Å².